The van der Waals surface area contributed by atoms with E-state index in [2.05, 4.69) is 20.8 Å². The predicted octanol–water partition coefficient (Wildman–Crippen LogP) is 16.9. The molecule has 0 aromatic heterocycles. The van der Waals surface area contributed by atoms with Crippen LogP contribution in [0.1, 0.15) is 211 Å². The summed E-state index contributed by atoms with van der Waals surface area (Å²) in [5.41, 5.74) is -8.28. The van der Waals surface area contributed by atoms with Crippen molar-refractivity contribution in [1.29, 1.82) is 0 Å². The molecule has 350 valence electrons. The predicted molar refractivity (Wildman–Crippen MR) is 275 cm³/mol. The Morgan fingerprint density at radius 1 is 0.379 bits per heavy atom. The Labute approximate surface area is 387 Å². The van der Waals surface area contributed by atoms with Gasteiger partial charge in [-0.05, 0) is 110 Å². The van der Waals surface area contributed by atoms with Crippen LogP contribution in [0, 0.1) is 0 Å². The summed E-state index contributed by atoms with van der Waals surface area (Å²) < 4.78 is 39.5. The van der Waals surface area contributed by atoms with Gasteiger partial charge in [0.05, 0.1) is 42.7 Å². The molecule has 3 unspecified atom stereocenters. The summed E-state index contributed by atoms with van der Waals surface area (Å²) in [6.45, 7) is 22.8. The van der Waals surface area contributed by atoms with Crippen molar-refractivity contribution in [1.82, 2.24) is 0 Å². The van der Waals surface area contributed by atoms with Gasteiger partial charge in [-0.3, -0.25) is 0 Å². The van der Waals surface area contributed by atoms with Crippen LogP contribution >= 0.6 is 51.2 Å². The SMILES string of the molecule is CCCCCCCCC(O)CSP(=S)(OC(CCCCCCCC)CSP(=S)(OC(C)C)OC(C)C)OC(CCCCCCCC)CSP(=S)(OC(C)C)OC(C)C. The first-order chi connectivity index (χ1) is 27.4. The fourth-order valence-corrected chi connectivity index (χ4v) is 23.1. The number of hydrogen-bond donors (Lipinski definition) is 1. The monoisotopic (exact) mass is 990 g/mol. The Hall–Kier alpha value is 2.72. The molecule has 0 spiro atoms. The molecular formula is C42H89O7P3S6. The molecule has 0 fully saturated rings. The lowest BCUT2D eigenvalue weighted by atomic mass is 10.1. The van der Waals surface area contributed by atoms with Gasteiger partial charge in [-0.1, -0.05) is 170 Å². The second kappa shape index (κ2) is 36.9. The molecule has 0 aromatic rings. The van der Waals surface area contributed by atoms with Crippen molar-refractivity contribution in [2.24, 2.45) is 0 Å². The van der Waals surface area contributed by atoms with Crippen LogP contribution in [0.3, 0.4) is 0 Å². The molecule has 0 radical (unpaired) electrons. The number of rotatable bonds is 42. The standard InChI is InChI=1S/C42H89O7P3S6/c1-12-15-18-21-24-27-30-40(43)33-56-52(55,48-41(31-28-25-22-19-16-13-2)34-57-50(53,44-36(4)5)45-37(6)7)49-42(32-29-26-23-20-17-14-3)35-58-51(54,46-38(8)9)47-39(10)11/h36-43H,12-35H2,1-11H3. The fourth-order valence-electron chi connectivity index (χ4n) is 6.06. The fraction of sp³-hybridized carbons (Fsp3) is 1.00. The van der Waals surface area contributed by atoms with E-state index in [1.807, 2.05) is 55.4 Å². The van der Waals surface area contributed by atoms with E-state index in [1.54, 1.807) is 22.8 Å². The normalized spacial score (nSPS) is 15.5. The Morgan fingerprint density at radius 2 is 0.638 bits per heavy atom. The van der Waals surface area contributed by atoms with Crippen LogP contribution in [0.25, 0.3) is 0 Å². The van der Waals surface area contributed by atoms with Crippen molar-refractivity contribution >= 4 is 86.6 Å². The molecule has 0 saturated carbocycles. The van der Waals surface area contributed by atoms with Crippen LogP contribution in [0.2, 0.25) is 0 Å². The topological polar surface area (TPSA) is 75.6 Å². The van der Waals surface area contributed by atoms with Crippen LogP contribution in [0.15, 0.2) is 0 Å². The number of unbranched alkanes of at least 4 members (excludes halogenated alkanes) is 15. The maximum atomic E-state index is 11.3. The molecule has 0 heterocycles. The van der Waals surface area contributed by atoms with Gasteiger partial charge in [0.15, 0.2) is 0 Å². The second-order valence-corrected chi connectivity index (χ2v) is 35.4. The highest BCUT2D eigenvalue weighted by molar-refractivity contribution is 8.69. The molecule has 0 rings (SSSR count). The summed E-state index contributed by atoms with van der Waals surface area (Å²) >= 11 is 23.4. The highest BCUT2D eigenvalue weighted by Gasteiger charge is 2.34. The number of hydrogen-bond acceptors (Lipinski definition) is 13. The molecule has 0 bridgehead atoms. The van der Waals surface area contributed by atoms with Gasteiger partial charge < -0.3 is 32.2 Å². The van der Waals surface area contributed by atoms with Gasteiger partial charge in [0.1, 0.15) is 0 Å². The van der Waals surface area contributed by atoms with Crippen molar-refractivity contribution in [3.8, 4) is 0 Å². The Kier molecular flexibility index (Phi) is 38.6. The van der Waals surface area contributed by atoms with E-state index in [0.717, 1.165) is 57.8 Å². The summed E-state index contributed by atoms with van der Waals surface area (Å²) in [5, 5.41) is 11.3. The minimum atomic E-state index is -2.99. The molecule has 7 nitrogen and oxygen atoms in total. The molecule has 0 amide bonds. The summed E-state index contributed by atoms with van der Waals surface area (Å²) in [7, 11) is 0. The molecule has 0 aromatic carbocycles. The molecule has 0 aliphatic rings. The van der Waals surface area contributed by atoms with Gasteiger partial charge >= 0.3 is 0 Å². The highest BCUT2D eigenvalue weighted by atomic mass is 32.9. The lowest BCUT2D eigenvalue weighted by Crippen LogP contribution is -2.21. The van der Waals surface area contributed by atoms with E-state index in [1.165, 1.54) is 88.4 Å². The third-order valence-corrected chi connectivity index (χ3v) is 25.3. The molecule has 58 heavy (non-hydrogen) atoms. The number of aliphatic hydroxyl groups is 1. The minimum absolute atomic E-state index is 0.0495. The van der Waals surface area contributed by atoms with Crippen LogP contribution in [-0.4, -0.2) is 65.1 Å². The van der Waals surface area contributed by atoms with Crippen molar-refractivity contribution in [3.63, 3.8) is 0 Å². The van der Waals surface area contributed by atoms with Crippen molar-refractivity contribution in [2.75, 3.05) is 17.3 Å². The maximum absolute atomic E-state index is 11.3. The first kappa shape index (κ1) is 60.7. The largest absolute Gasteiger partial charge is 0.392 e. The lowest BCUT2D eigenvalue weighted by Gasteiger charge is -2.33. The van der Waals surface area contributed by atoms with E-state index >= 15 is 0 Å². The molecule has 3 atom stereocenters. The highest BCUT2D eigenvalue weighted by Crippen LogP contribution is 2.67. The minimum Gasteiger partial charge on any atom is -0.392 e. The Morgan fingerprint density at radius 3 is 0.948 bits per heavy atom. The van der Waals surface area contributed by atoms with E-state index in [4.69, 9.17) is 62.6 Å². The number of aliphatic hydroxyl groups excluding tert-OH is 1. The van der Waals surface area contributed by atoms with E-state index in [-0.39, 0.29) is 36.6 Å². The molecule has 0 saturated heterocycles. The summed E-state index contributed by atoms with van der Waals surface area (Å²) in [4.78, 5) is 0. The van der Waals surface area contributed by atoms with Crippen LogP contribution in [0.5, 0.6) is 0 Å². The molecule has 0 aliphatic carbocycles. The lowest BCUT2D eigenvalue weighted by molar-refractivity contribution is 0.157. The average molecular weight is 991 g/mol. The quantitative estimate of drug-likeness (QED) is 0.0466. The van der Waals surface area contributed by atoms with Gasteiger partial charge in [-0.2, -0.15) is 0 Å². The molecular weight excluding hydrogens is 902 g/mol. The van der Waals surface area contributed by atoms with Crippen molar-refractivity contribution < 1.29 is 32.2 Å². The van der Waals surface area contributed by atoms with Crippen LogP contribution < -0.4 is 0 Å². The zero-order chi connectivity index (χ0) is 43.9. The maximum Gasteiger partial charge on any atom is 0.248 e. The molecule has 0 aliphatic heterocycles. The van der Waals surface area contributed by atoms with E-state index in [9.17, 15) is 5.11 Å². The second-order valence-electron chi connectivity index (χ2n) is 16.6. The van der Waals surface area contributed by atoms with Crippen molar-refractivity contribution in [2.45, 2.75) is 254 Å². The smallest absolute Gasteiger partial charge is 0.248 e. The Balaban J connectivity index is 6.60. The van der Waals surface area contributed by atoms with Crippen LogP contribution in [0.4, 0.5) is 0 Å². The van der Waals surface area contributed by atoms with Gasteiger partial charge in [0.25, 0.3) is 0 Å². The van der Waals surface area contributed by atoms with Gasteiger partial charge in [0, 0.05) is 17.3 Å². The summed E-state index contributed by atoms with van der Waals surface area (Å²) in [6, 6.07) is 0. The van der Waals surface area contributed by atoms with E-state index in [0.29, 0.717) is 17.3 Å². The van der Waals surface area contributed by atoms with Gasteiger partial charge in [-0.15, -0.1) is 0 Å². The zero-order valence-corrected chi connectivity index (χ0v) is 46.3. The average Bonchev–Trinajstić information content (AvgIpc) is 3.11. The van der Waals surface area contributed by atoms with E-state index < -0.39 is 23.2 Å². The zero-order valence-electron chi connectivity index (χ0n) is 38.7. The van der Waals surface area contributed by atoms with Gasteiger partial charge in [-0.25, -0.2) is 0 Å². The van der Waals surface area contributed by atoms with Crippen LogP contribution in [-0.2, 0) is 62.6 Å². The third-order valence-electron chi connectivity index (χ3n) is 8.83. The summed E-state index contributed by atoms with van der Waals surface area (Å²) in [5.74, 6) is 1.70. The molecule has 1 N–H and O–H groups in total. The van der Waals surface area contributed by atoms with Crippen molar-refractivity contribution in [3.05, 3.63) is 0 Å². The third kappa shape index (κ3) is 35.0. The van der Waals surface area contributed by atoms with Gasteiger partial charge in [0.2, 0.25) is 17.1 Å². The first-order valence-corrected chi connectivity index (χ1v) is 35.6. The molecule has 16 heteroatoms. The first-order valence-electron chi connectivity index (χ1n) is 22.9. The summed E-state index contributed by atoms with van der Waals surface area (Å²) in [6.07, 6.45) is 22.8. The Bertz CT molecular complexity index is 1030.